The number of methoxy groups -OCH3 is 1. The standard InChI is InChI=1S/C39H52O10/c1-41-20-21-43-24-25-45-27-29-47-31-33-49-39-16-12-37(13-17-39)9-7-35-4-2-34(3-5-35)6-8-36-10-14-38(15-11-36)48-32-30-46-28-26-44-23-22-42-19-18-40/h2-17,40H,18-33H2,1H3/b8-6+,9-7+. The van der Waals surface area contributed by atoms with E-state index in [0.717, 1.165) is 33.8 Å². The second-order valence-corrected chi connectivity index (χ2v) is 10.6. The zero-order chi connectivity index (χ0) is 34.5. The molecule has 0 saturated carbocycles. The summed E-state index contributed by atoms with van der Waals surface area (Å²) in [5.41, 5.74) is 4.43. The fraction of sp³-hybridized carbons (Fsp3) is 0.436. The van der Waals surface area contributed by atoms with Gasteiger partial charge < -0.3 is 47.7 Å². The lowest BCUT2D eigenvalue weighted by atomic mass is 10.1. The molecule has 3 aromatic carbocycles. The van der Waals surface area contributed by atoms with Gasteiger partial charge in [-0.25, -0.2) is 0 Å². The summed E-state index contributed by atoms with van der Waals surface area (Å²) >= 11 is 0. The molecule has 0 bridgehead atoms. The predicted molar refractivity (Wildman–Crippen MR) is 192 cm³/mol. The van der Waals surface area contributed by atoms with Crippen LogP contribution in [0.2, 0.25) is 0 Å². The van der Waals surface area contributed by atoms with Gasteiger partial charge in [0, 0.05) is 7.11 Å². The molecule has 0 saturated heterocycles. The summed E-state index contributed by atoms with van der Waals surface area (Å²) in [5.74, 6) is 1.61. The highest BCUT2D eigenvalue weighted by Gasteiger charge is 1.98. The quantitative estimate of drug-likeness (QED) is 0.0745. The first kappa shape index (κ1) is 39.9. The Morgan fingerprint density at radius 1 is 0.367 bits per heavy atom. The van der Waals surface area contributed by atoms with E-state index in [4.69, 9.17) is 47.7 Å². The molecule has 0 amide bonds. The van der Waals surface area contributed by atoms with E-state index in [2.05, 4.69) is 48.6 Å². The van der Waals surface area contributed by atoms with Crippen molar-refractivity contribution in [1.29, 1.82) is 0 Å². The Hall–Kier alpha value is -3.58. The maximum absolute atomic E-state index is 8.64. The maximum Gasteiger partial charge on any atom is 0.119 e. The molecule has 0 heterocycles. The SMILES string of the molecule is COCCOCCOCCOCCOc1ccc(/C=C/c2ccc(/C=C/c3ccc(OCCOCCOCCOCCO)cc3)cc2)cc1. The fourth-order valence-electron chi connectivity index (χ4n) is 4.18. The van der Waals surface area contributed by atoms with Gasteiger partial charge in [-0.2, -0.15) is 0 Å². The van der Waals surface area contributed by atoms with Crippen molar-refractivity contribution < 1.29 is 47.7 Å². The Kier molecular flexibility index (Phi) is 22.2. The third-order valence-electron chi connectivity index (χ3n) is 6.78. The van der Waals surface area contributed by atoms with Crippen LogP contribution in [0.25, 0.3) is 24.3 Å². The molecule has 0 aliphatic carbocycles. The molecule has 1 N–H and O–H groups in total. The van der Waals surface area contributed by atoms with Crippen molar-refractivity contribution in [1.82, 2.24) is 0 Å². The summed E-state index contributed by atoms with van der Waals surface area (Å²) in [6, 6.07) is 24.4. The second-order valence-electron chi connectivity index (χ2n) is 10.6. The highest BCUT2D eigenvalue weighted by molar-refractivity contribution is 5.73. The molecule has 49 heavy (non-hydrogen) atoms. The van der Waals surface area contributed by atoms with E-state index in [9.17, 15) is 0 Å². The number of benzene rings is 3. The number of hydrogen-bond acceptors (Lipinski definition) is 10. The van der Waals surface area contributed by atoms with Gasteiger partial charge in [-0.3, -0.25) is 0 Å². The first-order chi connectivity index (χ1) is 24.3. The van der Waals surface area contributed by atoms with Gasteiger partial charge in [-0.15, -0.1) is 0 Å². The van der Waals surface area contributed by atoms with Gasteiger partial charge in [0.1, 0.15) is 24.7 Å². The van der Waals surface area contributed by atoms with Gasteiger partial charge in [0.25, 0.3) is 0 Å². The lowest BCUT2D eigenvalue weighted by Crippen LogP contribution is -2.13. The van der Waals surface area contributed by atoms with Crippen LogP contribution in [-0.2, 0) is 33.2 Å². The van der Waals surface area contributed by atoms with E-state index in [1.807, 2.05) is 48.5 Å². The molecule has 0 unspecified atom stereocenters. The number of aliphatic hydroxyl groups is 1. The van der Waals surface area contributed by atoms with Gasteiger partial charge in [-0.1, -0.05) is 72.8 Å². The van der Waals surface area contributed by atoms with Crippen LogP contribution in [0.15, 0.2) is 72.8 Å². The van der Waals surface area contributed by atoms with E-state index in [1.54, 1.807) is 7.11 Å². The fourth-order valence-corrected chi connectivity index (χ4v) is 4.18. The summed E-state index contributed by atoms with van der Waals surface area (Å²) < 4.78 is 48.8. The molecular weight excluding hydrogens is 628 g/mol. The monoisotopic (exact) mass is 680 g/mol. The van der Waals surface area contributed by atoms with Crippen LogP contribution in [-0.4, -0.2) is 118 Å². The summed E-state index contributed by atoms with van der Waals surface area (Å²) in [5, 5.41) is 8.64. The highest BCUT2D eigenvalue weighted by atomic mass is 16.6. The van der Waals surface area contributed by atoms with Gasteiger partial charge in [0.15, 0.2) is 0 Å². The van der Waals surface area contributed by atoms with Gasteiger partial charge in [0.2, 0.25) is 0 Å². The van der Waals surface area contributed by atoms with Crippen molar-refractivity contribution in [3.8, 4) is 11.5 Å². The zero-order valence-corrected chi connectivity index (χ0v) is 28.7. The molecule has 0 fully saturated rings. The number of rotatable bonds is 29. The minimum Gasteiger partial charge on any atom is -0.491 e. The Bertz CT molecular complexity index is 1260. The molecule has 3 aromatic rings. The molecule has 0 aliphatic heterocycles. The Labute approximate surface area is 291 Å². The molecule has 268 valence electrons. The molecule has 0 aromatic heterocycles. The Morgan fingerprint density at radius 2 is 0.633 bits per heavy atom. The molecule has 10 heteroatoms. The normalized spacial score (nSPS) is 11.6. The second kappa shape index (κ2) is 27.3. The van der Waals surface area contributed by atoms with E-state index >= 15 is 0 Å². The molecule has 0 atom stereocenters. The lowest BCUT2D eigenvalue weighted by Gasteiger charge is -2.08. The van der Waals surface area contributed by atoms with Crippen molar-refractivity contribution in [2.24, 2.45) is 0 Å². The molecule has 3 rings (SSSR count). The van der Waals surface area contributed by atoms with Gasteiger partial charge in [-0.05, 0) is 46.5 Å². The minimum absolute atomic E-state index is 0.0246. The van der Waals surface area contributed by atoms with E-state index in [0.29, 0.717) is 99.1 Å². The topological polar surface area (TPSA) is 103 Å². The summed E-state index contributed by atoms with van der Waals surface area (Å²) in [4.78, 5) is 0. The van der Waals surface area contributed by atoms with Crippen LogP contribution < -0.4 is 9.47 Å². The van der Waals surface area contributed by atoms with Crippen molar-refractivity contribution in [2.75, 3.05) is 113 Å². The molecule has 0 aliphatic rings. The Morgan fingerprint density at radius 3 is 0.939 bits per heavy atom. The zero-order valence-electron chi connectivity index (χ0n) is 28.7. The number of aliphatic hydroxyl groups excluding tert-OH is 1. The van der Waals surface area contributed by atoms with Crippen LogP contribution in [0.5, 0.6) is 11.5 Å². The molecule has 10 nitrogen and oxygen atoms in total. The first-order valence-corrected chi connectivity index (χ1v) is 16.7. The van der Waals surface area contributed by atoms with Gasteiger partial charge in [0.05, 0.1) is 92.5 Å². The highest BCUT2D eigenvalue weighted by Crippen LogP contribution is 2.17. The number of ether oxygens (including phenoxy) is 9. The van der Waals surface area contributed by atoms with Crippen LogP contribution >= 0.6 is 0 Å². The molecule has 0 radical (unpaired) electrons. The minimum atomic E-state index is 0.0246. The van der Waals surface area contributed by atoms with Crippen LogP contribution in [0, 0.1) is 0 Å². The van der Waals surface area contributed by atoms with Crippen LogP contribution in [0.3, 0.4) is 0 Å². The smallest absolute Gasteiger partial charge is 0.119 e. The van der Waals surface area contributed by atoms with Crippen LogP contribution in [0.4, 0.5) is 0 Å². The lowest BCUT2D eigenvalue weighted by molar-refractivity contribution is 0.000164. The first-order valence-electron chi connectivity index (χ1n) is 16.7. The van der Waals surface area contributed by atoms with Crippen molar-refractivity contribution in [3.05, 3.63) is 95.1 Å². The maximum atomic E-state index is 8.64. The van der Waals surface area contributed by atoms with E-state index in [-0.39, 0.29) is 6.61 Å². The third-order valence-corrected chi connectivity index (χ3v) is 6.78. The summed E-state index contributed by atoms with van der Waals surface area (Å²) in [7, 11) is 1.65. The number of hydrogen-bond donors (Lipinski definition) is 1. The largest absolute Gasteiger partial charge is 0.491 e. The van der Waals surface area contributed by atoms with Crippen molar-refractivity contribution in [3.63, 3.8) is 0 Å². The average molecular weight is 681 g/mol. The average Bonchev–Trinajstić information content (AvgIpc) is 3.14. The van der Waals surface area contributed by atoms with Gasteiger partial charge >= 0.3 is 0 Å². The summed E-state index contributed by atoms with van der Waals surface area (Å²) in [6.07, 6.45) is 8.36. The molecule has 0 spiro atoms. The summed E-state index contributed by atoms with van der Waals surface area (Å²) in [6.45, 7) is 7.58. The van der Waals surface area contributed by atoms with E-state index < -0.39 is 0 Å². The van der Waals surface area contributed by atoms with Crippen LogP contribution in [0.1, 0.15) is 22.3 Å². The third kappa shape index (κ3) is 19.9. The van der Waals surface area contributed by atoms with Crippen molar-refractivity contribution in [2.45, 2.75) is 0 Å². The van der Waals surface area contributed by atoms with Crippen molar-refractivity contribution >= 4 is 24.3 Å². The van der Waals surface area contributed by atoms with E-state index in [1.165, 1.54) is 0 Å². The predicted octanol–water partition coefficient (Wildman–Crippen LogP) is 5.52. The Balaban J connectivity index is 1.24. The molecular formula is C39H52O10.